The van der Waals surface area contributed by atoms with E-state index in [4.69, 9.17) is 11.6 Å². The zero-order valence-electron chi connectivity index (χ0n) is 13.3. The molecule has 2 N–H and O–H groups in total. The molecule has 5 nitrogen and oxygen atoms in total. The van der Waals surface area contributed by atoms with Crippen molar-refractivity contribution >= 4 is 38.9 Å². The SMILES string of the molecule is Cc1ccc(NC(=O)C2CC2)cc1NS(=O)(=O)c1ccc(Cl)cc1F. The van der Waals surface area contributed by atoms with Gasteiger partial charge in [-0.25, -0.2) is 12.8 Å². The highest BCUT2D eigenvalue weighted by molar-refractivity contribution is 7.92. The number of anilines is 2. The van der Waals surface area contributed by atoms with Gasteiger partial charge in [-0.15, -0.1) is 0 Å². The van der Waals surface area contributed by atoms with Crippen molar-refractivity contribution in [3.05, 3.63) is 52.8 Å². The standard InChI is InChI=1S/C17H16ClFN2O3S/c1-10-2-6-13(20-17(22)11-3-4-11)9-15(10)21-25(23,24)16-7-5-12(18)8-14(16)19/h2,5-9,11,21H,3-4H2,1H3,(H,20,22). The summed E-state index contributed by atoms with van der Waals surface area (Å²) in [6.07, 6.45) is 1.74. The summed E-state index contributed by atoms with van der Waals surface area (Å²) in [5, 5.41) is 2.86. The van der Waals surface area contributed by atoms with Gasteiger partial charge in [-0.1, -0.05) is 17.7 Å². The molecule has 1 saturated carbocycles. The lowest BCUT2D eigenvalue weighted by atomic mass is 10.2. The summed E-state index contributed by atoms with van der Waals surface area (Å²) in [5.41, 5.74) is 1.39. The molecule has 0 aromatic heterocycles. The molecule has 0 bridgehead atoms. The minimum Gasteiger partial charge on any atom is -0.326 e. The fourth-order valence-corrected chi connectivity index (χ4v) is 3.63. The topological polar surface area (TPSA) is 75.3 Å². The second-order valence-electron chi connectivity index (χ2n) is 5.97. The smallest absolute Gasteiger partial charge is 0.264 e. The van der Waals surface area contributed by atoms with Crippen molar-refractivity contribution in [1.29, 1.82) is 0 Å². The first-order chi connectivity index (χ1) is 11.8. The van der Waals surface area contributed by atoms with Crippen molar-refractivity contribution in [1.82, 2.24) is 0 Å². The molecule has 132 valence electrons. The molecule has 0 spiro atoms. The molecule has 1 aliphatic rings. The molecule has 1 amide bonds. The average molecular weight is 383 g/mol. The zero-order valence-corrected chi connectivity index (χ0v) is 14.9. The van der Waals surface area contributed by atoms with Gasteiger partial charge in [0.1, 0.15) is 10.7 Å². The third kappa shape index (κ3) is 4.11. The summed E-state index contributed by atoms with van der Waals surface area (Å²) in [6, 6.07) is 8.23. The fraction of sp³-hybridized carbons (Fsp3) is 0.235. The normalized spacial score (nSPS) is 14.2. The Bertz CT molecular complexity index is 943. The van der Waals surface area contributed by atoms with Crippen molar-refractivity contribution in [3.8, 4) is 0 Å². The van der Waals surface area contributed by atoms with Gasteiger partial charge in [0.15, 0.2) is 0 Å². The van der Waals surface area contributed by atoms with Crippen LogP contribution >= 0.6 is 11.6 Å². The minimum atomic E-state index is -4.13. The van der Waals surface area contributed by atoms with E-state index in [1.165, 1.54) is 12.1 Å². The Labute approximate surface area is 150 Å². The van der Waals surface area contributed by atoms with Crippen LogP contribution in [0, 0.1) is 18.7 Å². The van der Waals surface area contributed by atoms with E-state index in [0.717, 1.165) is 25.0 Å². The van der Waals surface area contributed by atoms with Crippen molar-refractivity contribution in [2.75, 3.05) is 10.0 Å². The van der Waals surface area contributed by atoms with Gasteiger partial charge in [-0.2, -0.15) is 0 Å². The maximum absolute atomic E-state index is 13.9. The number of amides is 1. The molecule has 3 rings (SSSR count). The first-order valence-electron chi connectivity index (χ1n) is 7.65. The average Bonchev–Trinajstić information content (AvgIpc) is 3.34. The molecule has 0 heterocycles. The van der Waals surface area contributed by atoms with Crippen LogP contribution in [0.15, 0.2) is 41.3 Å². The van der Waals surface area contributed by atoms with E-state index < -0.39 is 20.7 Å². The molecule has 25 heavy (non-hydrogen) atoms. The molecular formula is C17H16ClFN2O3S. The van der Waals surface area contributed by atoms with Gasteiger partial charge in [-0.05, 0) is 55.7 Å². The van der Waals surface area contributed by atoms with Crippen molar-refractivity contribution in [3.63, 3.8) is 0 Å². The van der Waals surface area contributed by atoms with Crippen LogP contribution in [-0.2, 0) is 14.8 Å². The number of carbonyl (C=O) groups is 1. The van der Waals surface area contributed by atoms with Gasteiger partial charge in [-0.3, -0.25) is 9.52 Å². The van der Waals surface area contributed by atoms with E-state index in [1.807, 2.05) is 0 Å². The van der Waals surface area contributed by atoms with Crippen LogP contribution < -0.4 is 10.0 Å². The third-order valence-electron chi connectivity index (χ3n) is 3.88. The highest BCUT2D eigenvalue weighted by atomic mass is 35.5. The number of benzene rings is 2. The Kier molecular flexibility index (Phi) is 4.71. The van der Waals surface area contributed by atoms with Crippen LogP contribution in [0.4, 0.5) is 15.8 Å². The highest BCUT2D eigenvalue weighted by Crippen LogP contribution is 2.31. The number of aryl methyl sites for hydroxylation is 1. The number of hydrogen-bond acceptors (Lipinski definition) is 3. The first-order valence-corrected chi connectivity index (χ1v) is 9.52. The lowest BCUT2D eigenvalue weighted by Gasteiger charge is -2.13. The van der Waals surface area contributed by atoms with Gasteiger partial charge in [0.25, 0.3) is 10.0 Å². The second kappa shape index (κ2) is 6.65. The maximum Gasteiger partial charge on any atom is 0.264 e. The van der Waals surface area contributed by atoms with Crippen molar-refractivity contribution in [2.24, 2.45) is 5.92 Å². The first kappa shape index (κ1) is 17.7. The quantitative estimate of drug-likeness (QED) is 0.822. The van der Waals surface area contributed by atoms with E-state index in [1.54, 1.807) is 19.1 Å². The van der Waals surface area contributed by atoms with Crippen LogP contribution in [0.5, 0.6) is 0 Å². The highest BCUT2D eigenvalue weighted by Gasteiger charge is 2.29. The van der Waals surface area contributed by atoms with E-state index in [-0.39, 0.29) is 22.5 Å². The zero-order chi connectivity index (χ0) is 18.2. The molecule has 2 aromatic rings. The number of sulfonamides is 1. The maximum atomic E-state index is 13.9. The summed E-state index contributed by atoms with van der Waals surface area (Å²) in [5.74, 6) is -0.984. The molecule has 0 unspecified atom stereocenters. The van der Waals surface area contributed by atoms with E-state index in [9.17, 15) is 17.6 Å². The number of halogens is 2. The van der Waals surface area contributed by atoms with Crippen LogP contribution in [0.3, 0.4) is 0 Å². The Balaban J connectivity index is 1.86. The summed E-state index contributed by atoms with van der Waals surface area (Å²) in [6.45, 7) is 1.71. The molecule has 0 aliphatic heterocycles. The van der Waals surface area contributed by atoms with Gasteiger partial charge in [0.2, 0.25) is 5.91 Å². The molecule has 0 saturated heterocycles. The van der Waals surface area contributed by atoms with Crippen molar-refractivity contribution in [2.45, 2.75) is 24.7 Å². The molecular weight excluding hydrogens is 367 g/mol. The van der Waals surface area contributed by atoms with Crippen LogP contribution in [0.2, 0.25) is 5.02 Å². The van der Waals surface area contributed by atoms with E-state index in [0.29, 0.717) is 11.3 Å². The number of nitrogens with one attached hydrogen (secondary N) is 2. The molecule has 2 aromatic carbocycles. The van der Waals surface area contributed by atoms with Crippen LogP contribution in [-0.4, -0.2) is 14.3 Å². The lowest BCUT2D eigenvalue weighted by molar-refractivity contribution is -0.117. The monoisotopic (exact) mass is 382 g/mol. The predicted molar refractivity (Wildman–Crippen MR) is 94.8 cm³/mol. The molecule has 1 aliphatic carbocycles. The van der Waals surface area contributed by atoms with Gasteiger partial charge < -0.3 is 5.32 Å². The Hall–Kier alpha value is -2.12. The van der Waals surface area contributed by atoms with E-state index in [2.05, 4.69) is 10.0 Å². The minimum absolute atomic E-state index is 0.0320. The number of carbonyl (C=O) groups excluding carboxylic acids is 1. The molecule has 1 fully saturated rings. The summed E-state index contributed by atoms with van der Waals surface area (Å²) < 4.78 is 41.2. The summed E-state index contributed by atoms with van der Waals surface area (Å²) in [7, 11) is -4.13. The number of rotatable bonds is 5. The van der Waals surface area contributed by atoms with Crippen molar-refractivity contribution < 1.29 is 17.6 Å². The van der Waals surface area contributed by atoms with Crippen LogP contribution in [0.1, 0.15) is 18.4 Å². The lowest BCUT2D eigenvalue weighted by Crippen LogP contribution is -2.16. The molecule has 0 radical (unpaired) electrons. The number of hydrogen-bond donors (Lipinski definition) is 2. The Morgan fingerprint density at radius 1 is 1.20 bits per heavy atom. The van der Waals surface area contributed by atoms with Crippen LogP contribution in [0.25, 0.3) is 0 Å². The molecule has 0 atom stereocenters. The summed E-state index contributed by atoms with van der Waals surface area (Å²) in [4.78, 5) is 11.3. The second-order valence-corrected chi connectivity index (χ2v) is 8.06. The predicted octanol–water partition coefficient (Wildman–Crippen LogP) is 3.94. The molecule has 8 heteroatoms. The largest absolute Gasteiger partial charge is 0.326 e. The Morgan fingerprint density at radius 2 is 1.92 bits per heavy atom. The fourth-order valence-electron chi connectivity index (χ4n) is 2.29. The third-order valence-corrected chi connectivity index (χ3v) is 5.51. The summed E-state index contributed by atoms with van der Waals surface area (Å²) >= 11 is 5.66. The van der Waals surface area contributed by atoms with Gasteiger partial charge in [0, 0.05) is 16.6 Å². The Morgan fingerprint density at radius 3 is 2.56 bits per heavy atom. The van der Waals surface area contributed by atoms with Gasteiger partial charge in [0.05, 0.1) is 5.69 Å². The van der Waals surface area contributed by atoms with Gasteiger partial charge >= 0.3 is 0 Å². The van der Waals surface area contributed by atoms with E-state index >= 15 is 0 Å².